The minimum atomic E-state index is -0.166. The third-order valence-corrected chi connectivity index (χ3v) is 9.94. The molecule has 3 aromatic rings. The Kier molecular flexibility index (Phi) is 10.8. The normalized spacial score (nSPS) is 19.2. The Balaban J connectivity index is 1.47. The van der Waals surface area contributed by atoms with Gasteiger partial charge in [0.1, 0.15) is 0 Å². The minimum absolute atomic E-state index is 0.157. The minimum Gasteiger partial charge on any atom is -0.379 e. The van der Waals surface area contributed by atoms with Gasteiger partial charge >= 0.3 is 0 Å². The molecule has 9 nitrogen and oxygen atoms in total. The first-order valence-electron chi connectivity index (χ1n) is 16.7. The lowest BCUT2D eigenvalue weighted by Crippen LogP contribution is -2.43. The molecule has 1 aromatic heterocycles. The lowest BCUT2D eigenvalue weighted by atomic mass is 9.88. The van der Waals surface area contributed by atoms with Crippen LogP contribution in [-0.2, 0) is 24.9 Å². The quantitative estimate of drug-likeness (QED) is 0.321. The monoisotopic (exact) mass is 616 g/mol. The van der Waals surface area contributed by atoms with Crippen LogP contribution in [0, 0.1) is 13.8 Å². The average Bonchev–Trinajstić information content (AvgIpc) is 3.29. The standard InChI is InChI=1S/C36H52N6O3/c1-7-16-42(31-14-12-30(13-15-31)39(4)5)34-22-29(28-10-8-27(9-11-28)24-41-17-19-45-20-18-41)21-32(25(34)2)35(43)37-23-33-26(3)40(6)38-36(33)44/h8-11,21-22,30-31H,7,12-20,23-24H2,1-6H3,(H,37,43)(H,38,44)/t30-,31-. The first-order chi connectivity index (χ1) is 21.7. The highest BCUT2D eigenvalue weighted by molar-refractivity contribution is 5.99. The number of rotatable bonds is 11. The van der Waals surface area contributed by atoms with Crippen LogP contribution in [0.5, 0.6) is 0 Å². The zero-order chi connectivity index (χ0) is 32.1. The number of carbonyl (C=O) groups is 1. The number of nitrogens with one attached hydrogen (secondary N) is 2. The predicted molar refractivity (Wildman–Crippen MR) is 182 cm³/mol. The van der Waals surface area contributed by atoms with Gasteiger partial charge in [-0.1, -0.05) is 31.2 Å². The Hall–Kier alpha value is -3.40. The summed E-state index contributed by atoms with van der Waals surface area (Å²) >= 11 is 0. The maximum absolute atomic E-state index is 13.9. The van der Waals surface area contributed by atoms with E-state index in [1.165, 1.54) is 18.4 Å². The zero-order valence-corrected chi connectivity index (χ0v) is 28.1. The second-order valence-corrected chi connectivity index (χ2v) is 13.1. The van der Waals surface area contributed by atoms with Gasteiger partial charge < -0.3 is 19.9 Å². The summed E-state index contributed by atoms with van der Waals surface area (Å²) in [7, 11) is 6.18. The van der Waals surface area contributed by atoms with Crippen molar-refractivity contribution in [1.82, 2.24) is 24.9 Å². The largest absolute Gasteiger partial charge is 0.379 e. The van der Waals surface area contributed by atoms with E-state index in [1.807, 2.05) is 20.0 Å². The molecule has 1 amide bonds. The van der Waals surface area contributed by atoms with E-state index in [2.05, 4.69) is 83.4 Å². The molecule has 0 unspecified atom stereocenters. The number of nitrogens with zero attached hydrogens (tertiary/aromatic N) is 4. The van der Waals surface area contributed by atoms with Crippen molar-refractivity contribution in [3.8, 4) is 11.1 Å². The smallest absolute Gasteiger partial charge is 0.269 e. The van der Waals surface area contributed by atoms with E-state index in [0.29, 0.717) is 23.2 Å². The summed E-state index contributed by atoms with van der Waals surface area (Å²) in [5.41, 5.74) is 7.44. The third-order valence-electron chi connectivity index (χ3n) is 9.94. The molecule has 1 saturated carbocycles. The van der Waals surface area contributed by atoms with Crippen LogP contribution in [0.1, 0.15) is 71.8 Å². The first kappa shape index (κ1) is 33.0. The van der Waals surface area contributed by atoms with Crippen molar-refractivity contribution in [3.63, 3.8) is 0 Å². The molecule has 244 valence electrons. The average molecular weight is 617 g/mol. The lowest BCUT2D eigenvalue weighted by Gasteiger charge is -2.41. The fraction of sp³-hybridized carbons (Fsp3) is 0.556. The summed E-state index contributed by atoms with van der Waals surface area (Å²) in [5.74, 6) is -0.157. The van der Waals surface area contributed by atoms with Gasteiger partial charge in [0.15, 0.2) is 0 Å². The second kappa shape index (κ2) is 14.8. The molecule has 2 fully saturated rings. The summed E-state index contributed by atoms with van der Waals surface area (Å²) in [6.45, 7) is 11.7. The topological polar surface area (TPSA) is 85.8 Å². The van der Waals surface area contributed by atoms with Gasteiger partial charge in [0.25, 0.3) is 11.5 Å². The Morgan fingerprint density at radius 3 is 2.27 bits per heavy atom. The fourth-order valence-corrected chi connectivity index (χ4v) is 6.99. The molecule has 0 bridgehead atoms. The molecule has 45 heavy (non-hydrogen) atoms. The number of benzene rings is 2. The number of aromatic amines is 1. The van der Waals surface area contributed by atoms with Gasteiger partial charge in [0, 0.05) is 62.3 Å². The van der Waals surface area contributed by atoms with Crippen LogP contribution in [0.4, 0.5) is 5.69 Å². The Morgan fingerprint density at radius 1 is 1.00 bits per heavy atom. The fourth-order valence-electron chi connectivity index (χ4n) is 6.99. The van der Waals surface area contributed by atoms with Crippen molar-refractivity contribution in [2.75, 3.05) is 51.8 Å². The van der Waals surface area contributed by atoms with Crippen molar-refractivity contribution in [1.29, 1.82) is 0 Å². The van der Waals surface area contributed by atoms with Gasteiger partial charge in [-0.15, -0.1) is 0 Å². The van der Waals surface area contributed by atoms with Crippen LogP contribution in [0.2, 0.25) is 0 Å². The molecular formula is C36H52N6O3. The molecule has 1 aliphatic heterocycles. The number of amides is 1. The molecule has 1 aliphatic carbocycles. The number of ether oxygens (including phenoxy) is 1. The van der Waals surface area contributed by atoms with Gasteiger partial charge in [-0.25, -0.2) is 0 Å². The highest BCUT2D eigenvalue weighted by Crippen LogP contribution is 2.36. The van der Waals surface area contributed by atoms with Crippen molar-refractivity contribution in [2.24, 2.45) is 7.05 Å². The number of carbonyl (C=O) groups excluding carboxylic acids is 1. The lowest BCUT2D eigenvalue weighted by molar-refractivity contribution is 0.0342. The summed E-state index contributed by atoms with van der Waals surface area (Å²) in [4.78, 5) is 33.7. The van der Waals surface area contributed by atoms with Crippen LogP contribution < -0.4 is 15.8 Å². The molecule has 0 radical (unpaired) electrons. The van der Waals surface area contributed by atoms with Gasteiger partial charge in [-0.05, 0) is 94.4 Å². The SMILES string of the molecule is CCCN(c1cc(-c2ccc(CN3CCOCC3)cc2)cc(C(=O)NCc2c(C)n(C)[nH]c2=O)c1C)[C@H]1CC[C@H](N(C)C)CC1. The summed E-state index contributed by atoms with van der Waals surface area (Å²) in [6, 6.07) is 14.2. The summed E-state index contributed by atoms with van der Waals surface area (Å²) < 4.78 is 7.22. The molecule has 0 atom stereocenters. The van der Waals surface area contributed by atoms with E-state index in [4.69, 9.17) is 4.74 Å². The number of aryl methyl sites for hydroxylation is 1. The van der Waals surface area contributed by atoms with Crippen molar-refractivity contribution < 1.29 is 9.53 Å². The van der Waals surface area contributed by atoms with E-state index in [1.54, 1.807) is 4.68 Å². The zero-order valence-electron chi connectivity index (χ0n) is 28.1. The van der Waals surface area contributed by atoms with Crippen LogP contribution in [-0.4, -0.2) is 84.5 Å². The summed E-state index contributed by atoms with van der Waals surface area (Å²) in [5, 5.41) is 5.86. The number of H-pyrrole nitrogens is 1. The van der Waals surface area contributed by atoms with E-state index < -0.39 is 0 Å². The Bertz CT molecular complexity index is 1490. The molecule has 1 saturated heterocycles. The molecule has 2 aromatic carbocycles. The van der Waals surface area contributed by atoms with Crippen molar-refractivity contribution >= 4 is 11.6 Å². The van der Waals surface area contributed by atoms with E-state index in [-0.39, 0.29) is 18.0 Å². The van der Waals surface area contributed by atoms with Crippen molar-refractivity contribution in [3.05, 3.63) is 74.7 Å². The second-order valence-electron chi connectivity index (χ2n) is 13.1. The Morgan fingerprint density at radius 2 is 1.67 bits per heavy atom. The van der Waals surface area contributed by atoms with E-state index in [9.17, 15) is 9.59 Å². The first-order valence-corrected chi connectivity index (χ1v) is 16.7. The van der Waals surface area contributed by atoms with Gasteiger partial charge in [0.05, 0.1) is 25.3 Å². The number of hydrogen-bond donors (Lipinski definition) is 2. The van der Waals surface area contributed by atoms with Gasteiger partial charge in [0.2, 0.25) is 0 Å². The molecular weight excluding hydrogens is 564 g/mol. The van der Waals surface area contributed by atoms with Crippen LogP contribution in [0.25, 0.3) is 11.1 Å². The molecule has 2 aliphatic rings. The number of hydrogen-bond acceptors (Lipinski definition) is 6. The molecule has 5 rings (SSSR count). The molecule has 0 spiro atoms. The Labute approximate surface area is 268 Å². The number of morpholine rings is 1. The van der Waals surface area contributed by atoms with Gasteiger partial charge in [-0.2, -0.15) is 0 Å². The third kappa shape index (κ3) is 7.71. The van der Waals surface area contributed by atoms with Crippen LogP contribution in [0.15, 0.2) is 41.2 Å². The predicted octanol–water partition coefficient (Wildman–Crippen LogP) is 4.85. The number of anilines is 1. The highest BCUT2D eigenvalue weighted by Gasteiger charge is 2.29. The van der Waals surface area contributed by atoms with E-state index in [0.717, 1.165) is 86.7 Å². The molecule has 2 N–H and O–H groups in total. The number of aromatic nitrogens is 2. The maximum Gasteiger partial charge on any atom is 0.269 e. The maximum atomic E-state index is 13.9. The summed E-state index contributed by atoms with van der Waals surface area (Å²) in [6.07, 6.45) is 5.67. The van der Waals surface area contributed by atoms with Crippen molar-refractivity contribution in [2.45, 2.75) is 78.0 Å². The molecule has 9 heteroatoms. The van der Waals surface area contributed by atoms with Crippen LogP contribution >= 0.6 is 0 Å². The van der Waals surface area contributed by atoms with Gasteiger partial charge in [-0.3, -0.25) is 24.3 Å². The van der Waals surface area contributed by atoms with E-state index >= 15 is 0 Å². The highest BCUT2D eigenvalue weighted by atomic mass is 16.5. The van der Waals surface area contributed by atoms with Crippen LogP contribution in [0.3, 0.4) is 0 Å². The molecule has 2 heterocycles.